The van der Waals surface area contributed by atoms with Crippen LogP contribution in [0.3, 0.4) is 0 Å². The number of aryl methyl sites for hydroxylation is 1. The molecule has 3 aromatic carbocycles. The van der Waals surface area contributed by atoms with Crippen molar-refractivity contribution < 1.29 is 33.6 Å². The van der Waals surface area contributed by atoms with Crippen LogP contribution in [0.5, 0.6) is 28.7 Å². The minimum atomic E-state index is -0.625. The Morgan fingerprint density at radius 3 is 2.30 bits per heavy atom. The molecule has 3 aromatic rings. The van der Waals surface area contributed by atoms with Crippen LogP contribution in [0.2, 0.25) is 0 Å². The maximum Gasteiger partial charge on any atom is 0.261 e. The quantitative estimate of drug-likeness (QED) is 0.430. The molecule has 8 rings (SSSR count). The van der Waals surface area contributed by atoms with Crippen LogP contribution >= 0.6 is 0 Å². The van der Waals surface area contributed by atoms with Crippen LogP contribution in [0.15, 0.2) is 30.3 Å². The fourth-order valence-corrected chi connectivity index (χ4v) is 8.86. The predicted octanol–water partition coefficient (Wildman–Crippen LogP) is 3.82. The average Bonchev–Trinajstić information content (AvgIpc) is 3.62. The molecule has 0 spiro atoms. The number of phenolic OH excluding ortho intramolecular Hbond substituents is 1. The second kappa shape index (κ2) is 10.1. The first-order valence-electron chi connectivity index (χ1n) is 15.4. The van der Waals surface area contributed by atoms with Crippen molar-refractivity contribution in [2.24, 2.45) is 0 Å². The Labute approximate surface area is 266 Å². The molecule has 11 heteroatoms. The minimum absolute atomic E-state index is 0.00471. The van der Waals surface area contributed by atoms with Crippen LogP contribution < -0.4 is 18.9 Å². The van der Waals surface area contributed by atoms with Crippen LogP contribution in [0.25, 0.3) is 0 Å². The molecule has 1 fully saturated rings. The number of rotatable bonds is 4. The molecule has 2 bridgehead atoms. The average molecular weight is 623 g/mol. The minimum Gasteiger partial charge on any atom is -0.504 e. The van der Waals surface area contributed by atoms with Gasteiger partial charge in [-0.3, -0.25) is 24.3 Å². The van der Waals surface area contributed by atoms with E-state index < -0.39 is 12.1 Å². The number of carbonyl (C=O) groups excluding carboxylic acids is 2. The summed E-state index contributed by atoms with van der Waals surface area (Å²) in [6.45, 7) is 3.85. The first-order valence-corrected chi connectivity index (χ1v) is 15.4. The molecule has 2 amide bonds. The summed E-state index contributed by atoms with van der Waals surface area (Å²) < 4.78 is 23.8. The monoisotopic (exact) mass is 622 g/mol. The number of benzene rings is 3. The molecule has 5 aliphatic rings. The van der Waals surface area contributed by atoms with Gasteiger partial charge >= 0.3 is 0 Å². The van der Waals surface area contributed by atoms with Gasteiger partial charge in [-0.15, -0.1) is 0 Å². The van der Waals surface area contributed by atoms with E-state index in [4.69, 9.17) is 18.9 Å². The summed E-state index contributed by atoms with van der Waals surface area (Å²) in [7, 11) is 5.17. The highest BCUT2D eigenvalue weighted by atomic mass is 16.7. The second-order valence-electron chi connectivity index (χ2n) is 12.7. The van der Waals surface area contributed by atoms with E-state index in [2.05, 4.69) is 21.9 Å². The number of likely N-dealkylation sites (N-methyl/N-ethyl adjacent to an activating group) is 1. The number of nitriles is 1. The number of hydrogen-bond donors (Lipinski definition) is 1. The van der Waals surface area contributed by atoms with Crippen molar-refractivity contribution in [2.45, 2.75) is 56.9 Å². The summed E-state index contributed by atoms with van der Waals surface area (Å²) in [5.41, 5.74) is 5.74. The van der Waals surface area contributed by atoms with Gasteiger partial charge in [-0.2, -0.15) is 5.26 Å². The zero-order valence-corrected chi connectivity index (χ0v) is 26.3. The fraction of sp³-hybridized carbons (Fsp3) is 0.400. The number of nitrogens with zero attached hydrogens (tertiary/aromatic N) is 4. The number of carbonyl (C=O) groups is 2. The van der Waals surface area contributed by atoms with Crippen molar-refractivity contribution in [3.63, 3.8) is 0 Å². The molecule has 0 aliphatic carbocycles. The van der Waals surface area contributed by atoms with Gasteiger partial charge in [0.15, 0.2) is 23.0 Å². The zero-order valence-electron chi connectivity index (χ0n) is 26.3. The summed E-state index contributed by atoms with van der Waals surface area (Å²) >= 11 is 0. The van der Waals surface area contributed by atoms with Gasteiger partial charge in [0.25, 0.3) is 11.8 Å². The van der Waals surface area contributed by atoms with Crippen LogP contribution in [0, 0.1) is 25.2 Å². The van der Waals surface area contributed by atoms with Gasteiger partial charge in [-0.05, 0) is 57.0 Å². The first kappa shape index (κ1) is 28.7. The molecule has 0 radical (unpaired) electrons. The van der Waals surface area contributed by atoms with E-state index in [-0.39, 0.29) is 49.0 Å². The molecule has 46 heavy (non-hydrogen) atoms. The highest BCUT2D eigenvalue weighted by Gasteiger charge is 2.57. The lowest BCUT2D eigenvalue weighted by atomic mass is 9.71. The lowest BCUT2D eigenvalue weighted by Crippen LogP contribution is -2.68. The SMILES string of the molecule is COc1c(C)cc2c(c1O)[C@H]1[C@H]3Cc4c(OC)c(C)c5c(c4[C@@H](CN4C(=O)c6ccccc6C4=O)N3[C@H](C#N)[C@@H](C2)N1C)OCO5. The molecular formula is C35H34N4O7. The topological polar surface area (TPSA) is 125 Å². The van der Waals surface area contributed by atoms with E-state index >= 15 is 0 Å². The molecule has 236 valence electrons. The van der Waals surface area contributed by atoms with Gasteiger partial charge < -0.3 is 24.1 Å². The summed E-state index contributed by atoms with van der Waals surface area (Å²) in [5.74, 6) is 1.54. The fourth-order valence-electron chi connectivity index (χ4n) is 8.86. The van der Waals surface area contributed by atoms with Gasteiger partial charge in [0, 0.05) is 40.9 Å². The number of fused-ring (bicyclic) bond motifs is 10. The molecule has 5 aliphatic heterocycles. The number of piperazine rings is 1. The third-order valence-electron chi connectivity index (χ3n) is 10.7. The standard InChI is InChI=1S/C35H34N4O7/c1-16-10-18-11-22-24(13-36)39-23(28(37(22)3)26(18)29(40)30(16)43-4)12-21-27(33-32(45-15-46-33)17(2)31(21)44-5)25(39)14-38-34(41)19-8-6-7-9-20(19)35(38)42/h6-10,22-25,28,40H,11-12,14-15H2,1-5H3/t22-,23-,24-,25-,28-/m1/s1. The smallest absolute Gasteiger partial charge is 0.261 e. The molecule has 5 atom stereocenters. The van der Waals surface area contributed by atoms with Gasteiger partial charge in [-0.25, -0.2) is 0 Å². The Bertz CT molecular complexity index is 1870. The number of amides is 2. The lowest BCUT2D eigenvalue weighted by Gasteiger charge is -2.60. The summed E-state index contributed by atoms with van der Waals surface area (Å²) in [6.07, 6.45) is 0.993. The summed E-state index contributed by atoms with van der Waals surface area (Å²) in [4.78, 5) is 33.2. The Kier molecular flexibility index (Phi) is 6.30. The highest BCUT2D eigenvalue weighted by molar-refractivity contribution is 6.21. The second-order valence-corrected chi connectivity index (χ2v) is 12.7. The molecule has 0 aromatic heterocycles. The summed E-state index contributed by atoms with van der Waals surface area (Å²) in [6, 6.07) is 9.36. The van der Waals surface area contributed by atoms with Crippen molar-refractivity contribution >= 4 is 11.8 Å². The van der Waals surface area contributed by atoms with Gasteiger partial charge in [-0.1, -0.05) is 18.2 Å². The van der Waals surface area contributed by atoms with E-state index in [9.17, 15) is 20.0 Å². The highest BCUT2D eigenvalue weighted by Crippen LogP contribution is 2.58. The number of ether oxygens (including phenoxy) is 4. The van der Waals surface area contributed by atoms with E-state index in [1.807, 2.05) is 20.9 Å². The molecule has 5 heterocycles. The number of aromatic hydroxyl groups is 1. The molecule has 1 saturated heterocycles. The third-order valence-corrected chi connectivity index (χ3v) is 10.7. The van der Waals surface area contributed by atoms with Crippen LogP contribution in [-0.2, 0) is 12.8 Å². The predicted molar refractivity (Wildman–Crippen MR) is 165 cm³/mol. The maximum atomic E-state index is 13.8. The van der Waals surface area contributed by atoms with E-state index in [0.29, 0.717) is 47.0 Å². The zero-order chi connectivity index (χ0) is 32.2. The Balaban J connectivity index is 1.36. The number of hydrogen-bond acceptors (Lipinski definition) is 10. The molecule has 0 saturated carbocycles. The first-order chi connectivity index (χ1) is 22.2. The van der Waals surface area contributed by atoms with Crippen LogP contribution in [0.1, 0.15) is 66.2 Å². The van der Waals surface area contributed by atoms with E-state index in [0.717, 1.165) is 33.4 Å². The normalized spacial score (nSPS) is 25.8. The van der Waals surface area contributed by atoms with E-state index in [1.54, 1.807) is 38.5 Å². The Morgan fingerprint density at radius 2 is 1.65 bits per heavy atom. The van der Waals surface area contributed by atoms with Crippen LogP contribution in [-0.4, -0.2) is 84.4 Å². The summed E-state index contributed by atoms with van der Waals surface area (Å²) in [5, 5.41) is 22.6. The van der Waals surface area contributed by atoms with Crippen molar-refractivity contribution in [1.82, 2.24) is 14.7 Å². The molecule has 11 nitrogen and oxygen atoms in total. The van der Waals surface area contributed by atoms with Gasteiger partial charge in [0.2, 0.25) is 6.79 Å². The van der Waals surface area contributed by atoms with Crippen LogP contribution in [0.4, 0.5) is 0 Å². The number of imide groups is 1. The van der Waals surface area contributed by atoms with Crippen molar-refractivity contribution in [3.05, 3.63) is 74.8 Å². The lowest BCUT2D eigenvalue weighted by molar-refractivity contribution is -0.0758. The Morgan fingerprint density at radius 1 is 0.978 bits per heavy atom. The molecule has 1 N–H and O–H groups in total. The number of phenols is 1. The largest absolute Gasteiger partial charge is 0.504 e. The number of methoxy groups -OCH3 is 2. The van der Waals surface area contributed by atoms with Crippen molar-refractivity contribution in [1.29, 1.82) is 5.26 Å². The third kappa shape index (κ3) is 3.59. The van der Waals surface area contributed by atoms with Crippen molar-refractivity contribution in [2.75, 3.05) is 34.6 Å². The van der Waals surface area contributed by atoms with Gasteiger partial charge in [0.05, 0.1) is 43.5 Å². The molecule has 0 unspecified atom stereocenters. The maximum absolute atomic E-state index is 13.8. The van der Waals surface area contributed by atoms with E-state index in [1.165, 1.54) is 4.90 Å². The molecular weight excluding hydrogens is 588 g/mol. The van der Waals surface area contributed by atoms with Gasteiger partial charge in [0.1, 0.15) is 11.8 Å². The Hall–Kier alpha value is -4.79. The van der Waals surface area contributed by atoms with Crippen molar-refractivity contribution in [3.8, 4) is 34.8 Å².